The Labute approximate surface area is 81.5 Å². The highest BCUT2D eigenvalue weighted by atomic mass is 35.5. The minimum atomic E-state index is 0. The summed E-state index contributed by atoms with van der Waals surface area (Å²) >= 11 is 0. The van der Waals surface area contributed by atoms with Crippen LogP contribution in [0.3, 0.4) is 0 Å². The van der Waals surface area contributed by atoms with Gasteiger partial charge in [0, 0.05) is 12.6 Å². The van der Waals surface area contributed by atoms with E-state index in [0.29, 0.717) is 0 Å². The van der Waals surface area contributed by atoms with E-state index in [4.69, 9.17) is 0 Å². The number of hydrogen-bond acceptors (Lipinski definition) is 2. The van der Waals surface area contributed by atoms with Crippen molar-refractivity contribution in [3.8, 4) is 0 Å². The molecule has 1 heterocycles. The normalized spacial score (nSPS) is 29.5. The number of nitrogens with zero attached hydrogens (tertiary/aromatic N) is 1. The summed E-state index contributed by atoms with van der Waals surface area (Å²) in [7, 11) is 4.29. The molecule has 0 aliphatic carbocycles. The highest BCUT2D eigenvalue weighted by Gasteiger charge is 2.23. The number of hydrogen-bond donors (Lipinski definition) is 1. The van der Waals surface area contributed by atoms with Crippen molar-refractivity contribution in [1.82, 2.24) is 10.2 Å². The zero-order valence-corrected chi connectivity index (χ0v) is 8.97. The van der Waals surface area contributed by atoms with E-state index in [0.717, 1.165) is 18.5 Å². The molecular weight excluding hydrogens is 183 g/mol. The Morgan fingerprint density at radius 2 is 1.73 bits per heavy atom. The first-order valence-electron chi connectivity index (χ1n) is 3.59. The Morgan fingerprint density at radius 3 is 1.91 bits per heavy atom. The molecule has 0 aromatic carbocycles. The Balaban J connectivity index is 0. The third kappa shape index (κ3) is 3.61. The zero-order valence-electron chi connectivity index (χ0n) is 7.33. The summed E-state index contributed by atoms with van der Waals surface area (Å²) in [5.74, 6) is 0.819. The first-order valence-corrected chi connectivity index (χ1v) is 3.59. The molecule has 2 nitrogen and oxygen atoms in total. The molecule has 2 atom stereocenters. The van der Waals surface area contributed by atoms with Crippen molar-refractivity contribution in [3.63, 3.8) is 0 Å². The van der Waals surface area contributed by atoms with Crippen LogP contribution < -0.4 is 5.32 Å². The molecule has 0 spiro atoms. The standard InChI is InChI=1S/C7H16N2.2ClH/c1-6-4-8-5-7(6)9(2)3;;/h6-8H,4-5H2,1-3H3;2*1H. The summed E-state index contributed by atoms with van der Waals surface area (Å²) in [6.07, 6.45) is 0. The van der Waals surface area contributed by atoms with Crippen LogP contribution in [0.25, 0.3) is 0 Å². The zero-order chi connectivity index (χ0) is 6.85. The fourth-order valence-electron chi connectivity index (χ4n) is 1.49. The average molecular weight is 201 g/mol. The van der Waals surface area contributed by atoms with Crippen molar-refractivity contribution < 1.29 is 0 Å². The Kier molecular flexibility index (Phi) is 7.75. The van der Waals surface area contributed by atoms with Crippen LogP contribution in [0.15, 0.2) is 0 Å². The highest BCUT2D eigenvalue weighted by molar-refractivity contribution is 5.85. The molecule has 0 bridgehead atoms. The van der Waals surface area contributed by atoms with Gasteiger partial charge in [0.15, 0.2) is 0 Å². The Hall–Kier alpha value is 0.500. The van der Waals surface area contributed by atoms with E-state index < -0.39 is 0 Å². The van der Waals surface area contributed by atoms with E-state index in [2.05, 4.69) is 31.2 Å². The van der Waals surface area contributed by atoms with Crippen molar-refractivity contribution in [3.05, 3.63) is 0 Å². The largest absolute Gasteiger partial charge is 0.315 e. The Bertz CT molecular complexity index is 98.4. The molecule has 2 unspecified atom stereocenters. The molecule has 0 saturated carbocycles. The summed E-state index contributed by atoms with van der Waals surface area (Å²) in [5, 5.41) is 3.36. The summed E-state index contributed by atoms with van der Waals surface area (Å²) < 4.78 is 0. The molecule has 0 aromatic rings. The van der Waals surface area contributed by atoms with Gasteiger partial charge in [-0.15, -0.1) is 24.8 Å². The molecule has 0 radical (unpaired) electrons. The molecule has 1 fully saturated rings. The molecule has 1 aliphatic rings. The summed E-state index contributed by atoms with van der Waals surface area (Å²) in [5.41, 5.74) is 0. The topological polar surface area (TPSA) is 15.3 Å². The van der Waals surface area contributed by atoms with Gasteiger partial charge in [0.05, 0.1) is 0 Å². The van der Waals surface area contributed by atoms with Crippen LogP contribution in [0, 0.1) is 5.92 Å². The van der Waals surface area contributed by atoms with E-state index >= 15 is 0 Å². The Morgan fingerprint density at radius 1 is 1.18 bits per heavy atom. The number of halogens is 2. The smallest absolute Gasteiger partial charge is 0.0252 e. The summed E-state index contributed by atoms with van der Waals surface area (Å²) in [6.45, 7) is 4.64. The van der Waals surface area contributed by atoms with Gasteiger partial charge in [0.1, 0.15) is 0 Å². The maximum absolute atomic E-state index is 3.36. The quantitative estimate of drug-likeness (QED) is 0.680. The van der Waals surface area contributed by atoms with E-state index in [1.807, 2.05) is 0 Å². The van der Waals surface area contributed by atoms with Gasteiger partial charge < -0.3 is 10.2 Å². The van der Waals surface area contributed by atoms with Crippen LogP contribution in [-0.2, 0) is 0 Å². The van der Waals surface area contributed by atoms with Gasteiger partial charge in [-0.05, 0) is 26.6 Å². The molecule has 0 aromatic heterocycles. The van der Waals surface area contributed by atoms with Gasteiger partial charge in [0.25, 0.3) is 0 Å². The van der Waals surface area contributed by atoms with Crippen LogP contribution in [0.4, 0.5) is 0 Å². The monoisotopic (exact) mass is 200 g/mol. The van der Waals surface area contributed by atoms with Gasteiger partial charge in [-0.1, -0.05) is 6.92 Å². The van der Waals surface area contributed by atoms with Gasteiger partial charge >= 0.3 is 0 Å². The third-order valence-corrected chi connectivity index (χ3v) is 2.14. The molecule has 0 amide bonds. The van der Waals surface area contributed by atoms with E-state index in [9.17, 15) is 0 Å². The molecule has 1 N–H and O–H groups in total. The number of rotatable bonds is 1. The second kappa shape index (κ2) is 6.06. The molecule has 1 aliphatic heterocycles. The van der Waals surface area contributed by atoms with Crippen LogP contribution in [0.1, 0.15) is 6.92 Å². The number of likely N-dealkylation sites (N-methyl/N-ethyl adjacent to an activating group) is 1. The van der Waals surface area contributed by atoms with Crippen molar-refractivity contribution in [2.24, 2.45) is 5.92 Å². The minimum Gasteiger partial charge on any atom is -0.315 e. The van der Waals surface area contributed by atoms with Crippen LogP contribution >= 0.6 is 24.8 Å². The van der Waals surface area contributed by atoms with Gasteiger partial charge in [-0.2, -0.15) is 0 Å². The van der Waals surface area contributed by atoms with Crippen molar-refractivity contribution in [2.45, 2.75) is 13.0 Å². The van der Waals surface area contributed by atoms with E-state index in [1.165, 1.54) is 6.54 Å². The lowest BCUT2D eigenvalue weighted by molar-refractivity contribution is 0.266. The molecule has 11 heavy (non-hydrogen) atoms. The van der Waals surface area contributed by atoms with Crippen molar-refractivity contribution in [1.29, 1.82) is 0 Å². The van der Waals surface area contributed by atoms with Crippen LogP contribution in [0.2, 0.25) is 0 Å². The van der Waals surface area contributed by atoms with Crippen LogP contribution in [-0.4, -0.2) is 38.1 Å². The average Bonchev–Trinajstić information content (AvgIpc) is 2.13. The second-order valence-corrected chi connectivity index (χ2v) is 3.17. The van der Waals surface area contributed by atoms with Gasteiger partial charge in [-0.3, -0.25) is 0 Å². The molecule has 70 valence electrons. The highest BCUT2D eigenvalue weighted by Crippen LogP contribution is 2.11. The fourth-order valence-corrected chi connectivity index (χ4v) is 1.49. The SMILES string of the molecule is CC1CNCC1N(C)C.Cl.Cl. The molecular formula is C7H18Cl2N2. The van der Waals surface area contributed by atoms with Crippen molar-refractivity contribution in [2.75, 3.05) is 27.2 Å². The lowest BCUT2D eigenvalue weighted by Gasteiger charge is -2.21. The molecule has 1 rings (SSSR count). The summed E-state index contributed by atoms with van der Waals surface area (Å²) in [6, 6.07) is 0.755. The fraction of sp³-hybridized carbons (Fsp3) is 1.00. The predicted molar refractivity (Wildman–Crippen MR) is 54.0 cm³/mol. The van der Waals surface area contributed by atoms with Crippen molar-refractivity contribution >= 4 is 24.8 Å². The van der Waals surface area contributed by atoms with Crippen LogP contribution in [0.5, 0.6) is 0 Å². The lowest BCUT2D eigenvalue weighted by Crippen LogP contribution is -2.33. The first-order chi connectivity index (χ1) is 4.22. The lowest BCUT2D eigenvalue weighted by atomic mass is 10.1. The van der Waals surface area contributed by atoms with Gasteiger partial charge in [0.2, 0.25) is 0 Å². The third-order valence-electron chi connectivity index (χ3n) is 2.14. The summed E-state index contributed by atoms with van der Waals surface area (Å²) in [4.78, 5) is 2.30. The van der Waals surface area contributed by atoms with E-state index in [1.54, 1.807) is 0 Å². The maximum Gasteiger partial charge on any atom is 0.0252 e. The maximum atomic E-state index is 3.36. The second-order valence-electron chi connectivity index (χ2n) is 3.17. The number of nitrogens with one attached hydrogen (secondary N) is 1. The van der Waals surface area contributed by atoms with Gasteiger partial charge in [-0.25, -0.2) is 0 Å². The molecule has 1 saturated heterocycles. The molecule has 4 heteroatoms. The predicted octanol–water partition coefficient (Wildman–Crippen LogP) is 0.999. The van der Waals surface area contributed by atoms with E-state index in [-0.39, 0.29) is 24.8 Å². The minimum absolute atomic E-state index is 0. The first kappa shape index (κ1) is 14.0.